The van der Waals surface area contributed by atoms with E-state index in [1.807, 2.05) is 4.90 Å². The van der Waals surface area contributed by atoms with Crippen LogP contribution in [0.4, 0.5) is 0 Å². The molecule has 136 valence electrons. The molecule has 0 unspecified atom stereocenters. The first-order valence-electron chi connectivity index (χ1n) is 9.74. The average molecular weight is 336 g/mol. The molecule has 1 aliphatic heterocycles. The van der Waals surface area contributed by atoms with E-state index in [1.165, 1.54) is 32.1 Å². The van der Waals surface area contributed by atoms with Crippen molar-refractivity contribution in [3.05, 3.63) is 0 Å². The van der Waals surface area contributed by atoms with Crippen molar-refractivity contribution in [1.29, 1.82) is 0 Å². The summed E-state index contributed by atoms with van der Waals surface area (Å²) in [6.07, 6.45) is 9.07. The molecule has 2 amide bonds. The Morgan fingerprint density at radius 2 is 1.83 bits per heavy atom. The summed E-state index contributed by atoms with van der Waals surface area (Å²) in [5.41, 5.74) is 0.185. The predicted octanol–water partition coefficient (Wildman–Crippen LogP) is 2.49. The van der Waals surface area contributed by atoms with Crippen LogP contribution < -0.4 is 5.32 Å². The van der Waals surface area contributed by atoms with Crippen molar-refractivity contribution >= 4 is 11.8 Å². The van der Waals surface area contributed by atoms with Crippen molar-refractivity contribution < 1.29 is 14.3 Å². The Morgan fingerprint density at radius 3 is 2.42 bits per heavy atom. The second-order valence-electron chi connectivity index (χ2n) is 7.82. The number of nitrogens with zero attached hydrogens (tertiary/aromatic N) is 1. The summed E-state index contributed by atoms with van der Waals surface area (Å²) in [6.45, 7) is 5.85. The number of rotatable bonds is 4. The highest BCUT2D eigenvalue weighted by Crippen LogP contribution is 2.53. The fraction of sp³-hybridized carbons (Fsp3) is 0.895. The Kier molecular flexibility index (Phi) is 5.48. The zero-order valence-corrected chi connectivity index (χ0v) is 15.2. The van der Waals surface area contributed by atoms with Crippen molar-refractivity contribution in [3.63, 3.8) is 0 Å². The van der Waals surface area contributed by atoms with Crippen LogP contribution in [-0.4, -0.2) is 48.6 Å². The van der Waals surface area contributed by atoms with Gasteiger partial charge in [0.15, 0.2) is 0 Å². The van der Waals surface area contributed by atoms with E-state index in [-0.39, 0.29) is 29.2 Å². The summed E-state index contributed by atoms with van der Waals surface area (Å²) >= 11 is 0. The highest BCUT2D eigenvalue weighted by atomic mass is 16.5. The topological polar surface area (TPSA) is 58.6 Å². The van der Waals surface area contributed by atoms with Crippen LogP contribution in [0.2, 0.25) is 0 Å². The van der Waals surface area contributed by atoms with Gasteiger partial charge in [-0.05, 0) is 39.0 Å². The monoisotopic (exact) mass is 336 g/mol. The molecule has 1 spiro atoms. The minimum Gasteiger partial charge on any atom is -0.378 e. The highest BCUT2D eigenvalue weighted by molar-refractivity contribution is 5.80. The van der Waals surface area contributed by atoms with Crippen LogP contribution in [-0.2, 0) is 14.3 Å². The molecule has 5 heteroatoms. The molecule has 3 fully saturated rings. The molecule has 1 heterocycles. The van der Waals surface area contributed by atoms with Crippen molar-refractivity contribution in [2.75, 3.05) is 19.7 Å². The van der Waals surface area contributed by atoms with Crippen LogP contribution in [0.15, 0.2) is 0 Å². The SMILES string of the molecule is CCO[C@@H]1C[C@@H](NC(=O)C2CCN(C(C)=O)CC2)C12CCCCC2. The summed E-state index contributed by atoms with van der Waals surface area (Å²) in [4.78, 5) is 26.0. The fourth-order valence-electron chi connectivity index (χ4n) is 5.01. The third-order valence-corrected chi connectivity index (χ3v) is 6.56. The van der Waals surface area contributed by atoms with Gasteiger partial charge in [0.05, 0.1) is 6.10 Å². The molecule has 0 aromatic carbocycles. The van der Waals surface area contributed by atoms with Gasteiger partial charge in [-0.2, -0.15) is 0 Å². The molecule has 2 saturated carbocycles. The Hall–Kier alpha value is -1.10. The molecule has 2 atom stereocenters. The van der Waals surface area contributed by atoms with E-state index in [1.54, 1.807) is 6.92 Å². The number of amides is 2. The van der Waals surface area contributed by atoms with E-state index in [9.17, 15) is 9.59 Å². The molecule has 1 saturated heterocycles. The number of hydrogen-bond donors (Lipinski definition) is 1. The number of hydrogen-bond acceptors (Lipinski definition) is 3. The second kappa shape index (κ2) is 7.42. The standard InChI is InChI=1S/C19H32N2O3/c1-3-24-17-13-16(19(17)9-5-4-6-10-19)20-18(23)15-7-11-21(12-8-15)14(2)22/h15-17H,3-13H2,1-2H3,(H,20,23)/t16-,17-/m1/s1. The van der Waals surface area contributed by atoms with E-state index in [0.29, 0.717) is 19.2 Å². The molecule has 0 bridgehead atoms. The second-order valence-corrected chi connectivity index (χ2v) is 7.82. The Morgan fingerprint density at radius 1 is 1.17 bits per heavy atom. The summed E-state index contributed by atoms with van der Waals surface area (Å²) in [6, 6.07) is 0.285. The van der Waals surface area contributed by atoms with Crippen LogP contribution in [0.5, 0.6) is 0 Å². The Labute approximate surface area is 145 Å². The van der Waals surface area contributed by atoms with E-state index in [4.69, 9.17) is 4.74 Å². The zero-order chi connectivity index (χ0) is 17.2. The maximum Gasteiger partial charge on any atom is 0.223 e. The Balaban J connectivity index is 1.55. The lowest BCUT2D eigenvalue weighted by atomic mass is 9.55. The van der Waals surface area contributed by atoms with E-state index in [0.717, 1.165) is 25.9 Å². The molecule has 0 aromatic heterocycles. The quantitative estimate of drug-likeness (QED) is 0.858. The molecular weight excluding hydrogens is 304 g/mol. The van der Waals surface area contributed by atoms with Gasteiger partial charge in [0, 0.05) is 44.0 Å². The normalized spacial score (nSPS) is 30.0. The van der Waals surface area contributed by atoms with Gasteiger partial charge in [0.2, 0.25) is 11.8 Å². The van der Waals surface area contributed by atoms with Gasteiger partial charge < -0.3 is 15.0 Å². The highest BCUT2D eigenvalue weighted by Gasteiger charge is 2.56. The lowest BCUT2D eigenvalue weighted by Crippen LogP contribution is -2.66. The molecule has 0 radical (unpaired) electrons. The molecule has 0 aromatic rings. The molecular formula is C19H32N2O3. The molecule has 3 aliphatic rings. The Bertz CT molecular complexity index is 465. The first kappa shape index (κ1) is 17.7. The van der Waals surface area contributed by atoms with Crippen LogP contribution in [0.3, 0.4) is 0 Å². The lowest BCUT2D eigenvalue weighted by molar-refractivity contribution is -0.159. The average Bonchev–Trinajstić information content (AvgIpc) is 2.61. The van der Waals surface area contributed by atoms with Gasteiger partial charge in [0.25, 0.3) is 0 Å². The van der Waals surface area contributed by atoms with E-state index in [2.05, 4.69) is 12.2 Å². The number of carbonyl (C=O) groups excluding carboxylic acids is 2. The van der Waals surface area contributed by atoms with Crippen molar-refractivity contribution in [1.82, 2.24) is 10.2 Å². The number of ether oxygens (including phenoxy) is 1. The van der Waals surface area contributed by atoms with Crippen molar-refractivity contribution in [2.45, 2.75) is 77.4 Å². The molecule has 2 aliphatic carbocycles. The molecule has 24 heavy (non-hydrogen) atoms. The molecule has 5 nitrogen and oxygen atoms in total. The summed E-state index contributed by atoms with van der Waals surface area (Å²) < 4.78 is 5.97. The first-order chi connectivity index (χ1) is 11.6. The molecule has 3 rings (SSSR count). The summed E-state index contributed by atoms with van der Waals surface area (Å²) in [7, 11) is 0. The molecule has 1 N–H and O–H groups in total. The minimum absolute atomic E-state index is 0.0624. The maximum atomic E-state index is 12.7. The van der Waals surface area contributed by atoms with E-state index >= 15 is 0 Å². The van der Waals surface area contributed by atoms with E-state index < -0.39 is 0 Å². The fourth-order valence-corrected chi connectivity index (χ4v) is 5.01. The number of carbonyl (C=O) groups is 2. The van der Waals surface area contributed by atoms with Crippen LogP contribution in [0, 0.1) is 11.3 Å². The summed E-state index contributed by atoms with van der Waals surface area (Å²) in [5, 5.41) is 3.36. The maximum absolute atomic E-state index is 12.7. The van der Waals surface area contributed by atoms with Crippen LogP contribution in [0.1, 0.15) is 65.2 Å². The van der Waals surface area contributed by atoms with Gasteiger partial charge in [-0.15, -0.1) is 0 Å². The van der Waals surface area contributed by atoms with Gasteiger partial charge in [-0.25, -0.2) is 0 Å². The number of nitrogens with one attached hydrogen (secondary N) is 1. The van der Waals surface area contributed by atoms with Gasteiger partial charge >= 0.3 is 0 Å². The van der Waals surface area contributed by atoms with Gasteiger partial charge in [-0.3, -0.25) is 9.59 Å². The third-order valence-electron chi connectivity index (χ3n) is 6.56. The summed E-state index contributed by atoms with van der Waals surface area (Å²) in [5.74, 6) is 0.379. The van der Waals surface area contributed by atoms with Gasteiger partial charge in [0.1, 0.15) is 0 Å². The van der Waals surface area contributed by atoms with Crippen molar-refractivity contribution in [2.24, 2.45) is 11.3 Å². The van der Waals surface area contributed by atoms with Crippen molar-refractivity contribution in [3.8, 4) is 0 Å². The van der Waals surface area contributed by atoms with Gasteiger partial charge in [-0.1, -0.05) is 19.3 Å². The minimum atomic E-state index is 0.0624. The first-order valence-corrected chi connectivity index (χ1v) is 9.74. The number of likely N-dealkylation sites (tertiary alicyclic amines) is 1. The smallest absolute Gasteiger partial charge is 0.223 e. The largest absolute Gasteiger partial charge is 0.378 e. The lowest BCUT2D eigenvalue weighted by Gasteiger charge is -2.57. The third kappa shape index (κ3) is 3.32. The zero-order valence-electron chi connectivity index (χ0n) is 15.2. The predicted molar refractivity (Wildman–Crippen MR) is 92.5 cm³/mol. The van der Waals surface area contributed by atoms with Crippen LogP contribution >= 0.6 is 0 Å². The van der Waals surface area contributed by atoms with Crippen LogP contribution in [0.25, 0.3) is 0 Å². The number of piperidine rings is 1.